The van der Waals surface area contributed by atoms with Gasteiger partial charge in [0.2, 0.25) is 0 Å². The van der Waals surface area contributed by atoms with Crippen molar-refractivity contribution in [3.05, 3.63) is 90.0 Å². The summed E-state index contributed by atoms with van der Waals surface area (Å²) in [5.74, 6) is 0.298. The van der Waals surface area contributed by atoms with Crippen LogP contribution in [0.25, 0.3) is 6.08 Å². The predicted molar refractivity (Wildman–Crippen MR) is 120 cm³/mol. The van der Waals surface area contributed by atoms with Crippen LogP contribution in [0.15, 0.2) is 83.1 Å². The highest BCUT2D eigenvalue weighted by Gasteiger charge is 2.15. The number of amides is 2. The van der Waals surface area contributed by atoms with Gasteiger partial charge >= 0.3 is 0 Å². The summed E-state index contributed by atoms with van der Waals surface area (Å²) in [7, 11) is 3.96. The van der Waals surface area contributed by atoms with E-state index in [1.165, 1.54) is 12.3 Å². The van der Waals surface area contributed by atoms with E-state index in [9.17, 15) is 9.59 Å². The fraction of sp³-hybridized carbons (Fsp3) is 0.167. The van der Waals surface area contributed by atoms with E-state index >= 15 is 0 Å². The highest BCUT2D eigenvalue weighted by atomic mass is 16.5. The van der Waals surface area contributed by atoms with E-state index in [4.69, 9.17) is 9.15 Å². The number of nitrogens with zero attached hydrogens (tertiary/aromatic N) is 1. The molecule has 1 aromatic heterocycles. The molecular formula is C24H25N3O4. The fourth-order valence-corrected chi connectivity index (χ4v) is 2.64. The van der Waals surface area contributed by atoms with Gasteiger partial charge in [-0.25, -0.2) is 0 Å². The van der Waals surface area contributed by atoms with Crippen LogP contribution in [0.3, 0.4) is 0 Å². The Bertz CT molecular complexity index is 1010. The quantitative estimate of drug-likeness (QED) is 0.518. The number of nitrogens with one attached hydrogen (secondary N) is 2. The number of benzene rings is 2. The van der Waals surface area contributed by atoms with Gasteiger partial charge in [0, 0.05) is 23.9 Å². The van der Waals surface area contributed by atoms with Crippen LogP contribution >= 0.6 is 0 Å². The Labute approximate surface area is 181 Å². The average Bonchev–Trinajstić information content (AvgIpc) is 3.28. The zero-order valence-corrected chi connectivity index (χ0v) is 17.5. The first-order chi connectivity index (χ1) is 15.0. The fourth-order valence-electron chi connectivity index (χ4n) is 2.64. The van der Waals surface area contributed by atoms with Crippen LogP contribution in [-0.2, 0) is 4.79 Å². The van der Waals surface area contributed by atoms with Crippen LogP contribution < -0.4 is 15.4 Å². The Kier molecular flexibility index (Phi) is 7.61. The first-order valence-corrected chi connectivity index (χ1v) is 9.82. The molecule has 3 rings (SSSR count). The van der Waals surface area contributed by atoms with Gasteiger partial charge in [0.1, 0.15) is 23.8 Å². The SMILES string of the molecule is CN(C)CCOc1ccc(NC(=O)C(=Cc2ccco2)NC(=O)c2ccccc2)cc1. The van der Waals surface area contributed by atoms with Crippen molar-refractivity contribution in [3.63, 3.8) is 0 Å². The molecule has 7 nitrogen and oxygen atoms in total. The maximum Gasteiger partial charge on any atom is 0.272 e. The van der Waals surface area contributed by atoms with Gasteiger partial charge in [0.25, 0.3) is 11.8 Å². The van der Waals surface area contributed by atoms with Gasteiger partial charge in [-0.15, -0.1) is 0 Å². The Morgan fingerprint density at radius 1 is 1.00 bits per heavy atom. The van der Waals surface area contributed by atoms with E-state index in [-0.39, 0.29) is 5.70 Å². The molecule has 2 aromatic carbocycles. The molecule has 31 heavy (non-hydrogen) atoms. The highest BCUT2D eigenvalue weighted by molar-refractivity contribution is 6.10. The Balaban J connectivity index is 1.69. The molecule has 160 valence electrons. The van der Waals surface area contributed by atoms with Crippen molar-refractivity contribution in [2.45, 2.75) is 0 Å². The average molecular weight is 419 g/mol. The van der Waals surface area contributed by atoms with Crippen LogP contribution in [-0.4, -0.2) is 44.0 Å². The lowest BCUT2D eigenvalue weighted by Gasteiger charge is -2.13. The smallest absolute Gasteiger partial charge is 0.272 e. The minimum Gasteiger partial charge on any atom is -0.492 e. The number of carbonyl (C=O) groups is 2. The van der Waals surface area contributed by atoms with Gasteiger partial charge in [-0.1, -0.05) is 18.2 Å². The molecule has 2 N–H and O–H groups in total. The molecule has 0 aliphatic heterocycles. The monoisotopic (exact) mass is 419 g/mol. The van der Waals surface area contributed by atoms with E-state index in [1.807, 2.05) is 25.1 Å². The molecule has 0 saturated carbocycles. The largest absolute Gasteiger partial charge is 0.492 e. The molecule has 0 aliphatic rings. The van der Waals surface area contributed by atoms with E-state index in [0.29, 0.717) is 29.4 Å². The van der Waals surface area contributed by atoms with Crippen LogP contribution in [0.2, 0.25) is 0 Å². The molecule has 3 aromatic rings. The summed E-state index contributed by atoms with van der Waals surface area (Å²) in [6.07, 6.45) is 2.98. The van der Waals surface area contributed by atoms with Crippen molar-refractivity contribution >= 4 is 23.6 Å². The number of likely N-dealkylation sites (N-methyl/N-ethyl adjacent to an activating group) is 1. The Hall–Kier alpha value is -3.84. The lowest BCUT2D eigenvalue weighted by Crippen LogP contribution is -2.30. The van der Waals surface area contributed by atoms with E-state index in [0.717, 1.165) is 6.54 Å². The summed E-state index contributed by atoms with van der Waals surface area (Å²) in [5, 5.41) is 5.45. The van der Waals surface area contributed by atoms with Gasteiger partial charge in [0.05, 0.1) is 6.26 Å². The van der Waals surface area contributed by atoms with Crippen molar-refractivity contribution in [2.75, 3.05) is 32.6 Å². The number of ether oxygens (including phenoxy) is 1. The lowest BCUT2D eigenvalue weighted by molar-refractivity contribution is -0.113. The van der Waals surface area contributed by atoms with E-state index < -0.39 is 11.8 Å². The van der Waals surface area contributed by atoms with Gasteiger partial charge in [-0.2, -0.15) is 0 Å². The first-order valence-electron chi connectivity index (χ1n) is 9.82. The summed E-state index contributed by atoms with van der Waals surface area (Å²) in [4.78, 5) is 27.4. The minimum atomic E-state index is -0.470. The molecule has 1 heterocycles. The second-order valence-electron chi connectivity index (χ2n) is 7.02. The molecule has 7 heteroatoms. The van der Waals surface area contributed by atoms with Crippen LogP contribution in [0.4, 0.5) is 5.69 Å². The van der Waals surface area contributed by atoms with Crippen LogP contribution in [0.1, 0.15) is 16.1 Å². The minimum absolute atomic E-state index is 0.0649. The molecule has 0 fully saturated rings. The van der Waals surface area contributed by atoms with Crippen LogP contribution in [0, 0.1) is 0 Å². The van der Waals surface area contributed by atoms with Gasteiger partial charge in [-0.3, -0.25) is 9.59 Å². The number of anilines is 1. The van der Waals surface area contributed by atoms with Crippen molar-refractivity contribution in [3.8, 4) is 5.75 Å². The van der Waals surface area contributed by atoms with Gasteiger partial charge < -0.3 is 24.7 Å². The molecule has 0 radical (unpaired) electrons. The van der Waals surface area contributed by atoms with Crippen LogP contribution in [0.5, 0.6) is 5.75 Å². The standard InChI is InChI=1S/C24H25N3O4/c1-27(2)14-16-31-20-12-10-19(11-13-20)25-24(29)22(17-21-9-6-15-30-21)26-23(28)18-7-4-3-5-8-18/h3-13,15,17H,14,16H2,1-2H3,(H,25,29)(H,26,28). The second kappa shape index (κ2) is 10.8. The first kappa shape index (κ1) is 21.9. The van der Waals surface area contributed by atoms with E-state index in [1.54, 1.807) is 60.7 Å². The third kappa shape index (κ3) is 6.87. The second-order valence-corrected chi connectivity index (χ2v) is 7.02. The highest BCUT2D eigenvalue weighted by Crippen LogP contribution is 2.17. The molecule has 0 atom stereocenters. The molecule has 0 aliphatic carbocycles. The van der Waals surface area contributed by atoms with Gasteiger partial charge in [0.15, 0.2) is 0 Å². The topological polar surface area (TPSA) is 83.8 Å². The number of hydrogen-bond acceptors (Lipinski definition) is 5. The van der Waals surface area contributed by atoms with E-state index in [2.05, 4.69) is 10.6 Å². The molecular weight excluding hydrogens is 394 g/mol. The summed E-state index contributed by atoms with van der Waals surface area (Å²) >= 11 is 0. The summed E-state index contributed by atoms with van der Waals surface area (Å²) < 4.78 is 11.0. The zero-order chi connectivity index (χ0) is 22.1. The normalized spacial score (nSPS) is 11.3. The van der Waals surface area contributed by atoms with Crippen molar-refractivity contribution in [1.82, 2.24) is 10.2 Å². The van der Waals surface area contributed by atoms with Crippen molar-refractivity contribution < 1.29 is 18.7 Å². The molecule has 2 amide bonds. The Morgan fingerprint density at radius 3 is 2.39 bits per heavy atom. The maximum absolute atomic E-state index is 12.9. The number of furan rings is 1. The number of rotatable bonds is 9. The lowest BCUT2D eigenvalue weighted by atomic mass is 10.2. The third-order valence-electron chi connectivity index (χ3n) is 4.28. The zero-order valence-electron chi connectivity index (χ0n) is 17.5. The van der Waals surface area contributed by atoms with Crippen molar-refractivity contribution in [1.29, 1.82) is 0 Å². The summed E-state index contributed by atoms with van der Waals surface area (Å²) in [6.45, 7) is 1.38. The number of hydrogen-bond donors (Lipinski definition) is 2. The molecule has 0 unspecified atom stereocenters. The number of carbonyl (C=O) groups excluding carboxylic acids is 2. The predicted octanol–water partition coefficient (Wildman–Crippen LogP) is 3.63. The third-order valence-corrected chi connectivity index (χ3v) is 4.28. The van der Waals surface area contributed by atoms with Gasteiger partial charge in [-0.05, 0) is 62.6 Å². The van der Waals surface area contributed by atoms with Crippen molar-refractivity contribution in [2.24, 2.45) is 0 Å². The molecule has 0 saturated heterocycles. The summed E-state index contributed by atoms with van der Waals surface area (Å²) in [6, 6.07) is 19.1. The maximum atomic E-state index is 12.9. The molecule has 0 bridgehead atoms. The molecule has 0 spiro atoms. The summed E-state index contributed by atoms with van der Waals surface area (Å²) in [5.41, 5.74) is 1.08. The Morgan fingerprint density at radius 2 is 1.74 bits per heavy atom.